The molecule has 46 heavy (non-hydrogen) atoms. The predicted octanol–water partition coefficient (Wildman–Crippen LogP) is 4.21. The van der Waals surface area contributed by atoms with Crippen LogP contribution in [0.3, 0.4) is 0 Å². The molecule has 0 unspecified atom stereocenters. The van der Waals surface area contributed by atoms with Crippen molar-refractivity contribution in [1.29, 1.82) is 0 Å². The van der Waals surface area contributed by atoms with Crippen molar-refractivity contribution >= 4 is 34.9 Å². The molecule has 3 heterocycles. The van der Waals surface area contributed by atoms with Gasteiger partial charge in [0, 0.05) is 56.4 Å². The normalized spacial score (nSPS) is 15.3. The zero-order valence-electron chi connectivity index (χ0n) is 25.9. The molecule has 1 saturated carbocycles. The monoisotopic (exact) mass is 621 g/mol. The number of amides is 3. The fraction of sp³-hybridized carbons (Fsp3) is 0.294. The van der Waals surface area contributed by atoms with Gasteiger partial charge in [0.1, 0.15) is 11.4 Å². The molecule has 0 saturated heterocycles. The molecule has 1 aliphatic carbocycles. The number of ether oxygens (including phenoxy) is 2. The molecule has 2 aromatic heterocycles. The molecule has 4 aromatic rings. The van der Waals surface area contributed by atoms with Crippen molar-refractivity contribution in [3.05, 3.63) is 89.4 Å². The van der Waals surface area contributed by atoms with E-state index in [9.17, 15) is 14.4 Å². The van der Waals surface area contributed by atoms with E-state index in [4.69, 9.17) is 9.47 Å². The SMILES string of the molecule is CNC(=O)c1nnc(NC(=O)C2CC2)cc1Nc1cccc(-c2ccc(C(=O)N(C)C[C@H]3Cc4ccccc4CO3)nc2)c1OC. The Morgan fingerprint density at radius 2 is 1.80 bits per heavy atom. The fourth-order valence-electron chi connectivity index (χ4n) is 5.43. The number of carbonyl (C=O) groups excluding carboxylic acids is 3. The van der Waals surface area contributed by atoms with Crippen LogP contribution in [0.4, 0.5) is 17.2 Å². The van der Waals surface area contributed by atoms with E-state index in [0.717, 1.165) is 24.8 Å². The van der Waals surface area contributed by atoms with Crippen molar-refractivity contribution < 1.29 is 23.9 Å². The third-order valence-corrected chi connectivity index (χ3v) is 8.08. The number of nitrogens with zero attached hydrogens (tertiary/aromatic N) is 4. The van der Waals surface area contributed by atoms with Gasteiger partial charge in [-0.15, -0.1) is 10.2 Å². The number of hydrogen-bond acceptors (Lipinski definition) is 9. The number of fused-ring (bicyclic) bond motifs is 1. The second-order valence-corrected chi connectivity index (χ2v) is 11.4. The number of methoxy groups -OCH3 is 1. The maximum atomic E-state index is 13.2. The fourth-order valence-corrected chi connectivity index (χ4v) is 5.43. The number of rotatable bonds is 10. The minimum Gasteiger partial charge on any atom is -0.494 e. The van der Waals surface area contributed by atoms with E-state index in [2.05, 4.69) is 43.3 Å². The highest BCUT2D eigenvalue weighted by atomic mass is 16.5. The Bertz CT molecular complexity index is 1770. The minimum atomic E-state index is -0.445. The van der Waals surface area contributed by atoms with Gasteiger partial charge in [0.25, 0.3) is 11.8 Å². The molecule has 1 fully saturated rings. The molecular weight excluding hydrogens is 586 g/mol. The van der Waals surface area contributed by atoms with Gasteiger partial charge in [0.15, 0.2) is 11.5 Å². The molecule has 6 rings (SSSR count). The van der Waals surface area contributed by atoms with Crippen LogP contribution < -0.4 is 20.7 Å². The molecule has 12 heteroatoms. The number of likely N-dealkylation sites (N-methyl/N-ethyl adjacent to an activating group) is 1. The van der Waals surface area contributed by atoms with E-state index in [1.165, 1.54) is 18.2 Å². The molecule has 0 spiro atoms. The maximum absolute atomic E-state index is 13.2. The summed E-state index contributed by atoms with van der Waals surface area (Å²) in [6.07, 6.45) is 3.98. The van der Waals surface area contributed by atoms with Crippen molar-refractivity contribution in [2.45, 2.75) is 32.0 Å². The van der Waals surface area contributed by atoms with Gasteiger partial charge in [-0.25, -0.2) is 0 Å². The summed E-state index contributed by atoms with van der Waals surface area (Å²) in [6.45, 7) is 0.987. The van der Waals surface area contributed by atoms with Crippen molar-refractivity contribution in [3.63, 3.8) is 0 Å². The summed E-state index contributed by atoms with van der Waals surface area (Å²) >= 11 is 0. The zero-order chi connectivity index (χ0) is 32.2. The van der Waals surface area contributed by atoms with Gasteiger partial charge in [0.05, 0.1) is 31.2 Å². The van der Waals surface area contributed by atoms with E-state index >= 15 is 0 Å². The zero-order valence-corrected chi connectivity index (χ0v) is 25.9. The Morgan fingerprint density at radius 3 is 2.52 bits per heavy atom. The lowest BCUT2D eigenvalue weighted by atomic mass is 9.99. The first kappa shape index (κ1) is 30.7. The van der Waals surface area contributed by atoms with Crippen LogP contribution in [0, 0.1) is 5.92 Å². The molecule has 236 valence electrons. The second kappa shape index (κ2) is 13.3. The molecule has 1 aliphatic heterocycles. The van der Waals surface area contributed by atoms with Crippen LogP contribution in [-0.4, -0.2) is 71.7 Å². The summed E-state index contributed by atoms with van der Waals surface area (Å²) in [5, 5.41) is 16.7. The second-order valence-electron chi connectivity index (χ2n) is 11.4. The Morgan fingerprint density at radius 1 is 1.00 bits per heavy atom. The summed E-state index contributed by atoms with van der Waals surface area (Å²) in [5.41, 5.74) is 5.13. The van der Waals surface area contributed by atoms with Gasteiger partial charge in [-0.2, -0.15) is 0 Å². The number of aromatic nitrogens is 3. The number of anilines is 3. The molecule has 3 amide bonds. The van der Waals surface area contributed by atoms with Crippen molar-refractivity contribution in [2.75, 3.05) is 38.4 Å². The van der Waals surface area contributed by atoms with Crippen LogP contribution in [0.1, 0.15) is 44.9 Å². The van der Waals surface area contributed by atoms with Crippen LogP contribution in [-0.2, 0) is 22.6 Å². The van der Waals surface area contributed by atoms with Gasteiger partial charge in [-0.05, 0) is 36.1 Å². The first-order valence-electron chi connectivity index (χ1n) is 15.1. The Balaban J connectivity index is 1.19. The topological polar surface area (TPSA) is 148 Å². The number of carbonyl (C=O) groups is 3. The van der Waals surface area contributed by atoms with Gasteiger partial charge in [-0.1, -0.05) is 42.5 Å². The molecular formula is C34H35N7O5. The Kier molecular flexibility index (Phi) is 8.88. The van der Waals surface area contributed by atoms with E-state index in [-0.39, 0.29) is 35.3 Å². The number of nitrogens with one attached hydrogen (secondary N) is 3. The van der Waals surface area contributed by atoms with Crippen LogP contribution in [0.25, 0.3) is 11.1 Å². The summed E-state index contributed by atoms with van der Waals surface area (Å²) in [6, 6.07) is 18.8. The number of hydrogen-bond donors (Lipinski definition) is 3. The number of para-hydroxylation sites is 1. The lowest BCUT2D eigenvalue weighted by Gasteiger charge is -2.29. The van der Waals surface area contributed by atoms with Crippen LogP contribution in [0.5, 0.6) is 5.75 Å². The third-order valence-electron chi connectivity index (χ3n) is 8.08. The average molecular weight is 622 g/mol. The quantitative estimate of drug-likeness (QED) is 0.237. The van der Waals surface area contributed by atoms with Crippen LogP contribution in [0.15, 0.2) is 66.9 Å². The minimum absolute atomic E-state index is 0.0200. The maximum Gasteiger partial charge on any atom is 0.273 e. The third kappa shape index (κ3) is 6.66. The molecule has 2 aromatic carbocycles. The first-order chi connectivity index (χ1) is 22.3. The molecule has 3 N–H and O–H groups in total. The first-order valence-corrected chi connectivity index (χ1v) is 15.1. The van der Waals surface area contributed by atoms with E-state index in [1.54, 1.807) is 43.5 Å². The van der Waals surface area contributed by atoms with Crippen molar-refractivity contribution in [3.8, 4) is 16.9 Å². The van der Waals surface area contributed by atoms with Crippen molar-refractivity contribution in [2.24, 2.45) is 5.92 Å². The average Bonchev–Trinajstić information content (AvgIpc) is 3.94. The van der Waals surface area contributed by atoms with Crippen LogP contribution >= 0.6 is 0 Å². The summed E-state index contributed by atoms with van der Waals surface area (Å²) < 4.78 is 11.8. The standard InChI is InChI=1S/C34H35N7O5/c1-35-33(43)30-28(16-29(39-40-30)38-32(42)20-11-12-20)37-26-10-6-9-25(31(26)45-3)22-13-14-27(36-17-22)34(44)41(2)18-24-15-21-7-4-5-8-23(21)19-46-24/h4-10,13-14,16-17,20,24H,11-12,15,18-19H2,1-3H3,(H,35,43)(H2,37,38,39,42)/t24-/m1/s1. The van der Waals surface area contributed by atoms with E-state index in [1.807, 2.05) is 30.3 Å². The summed E-state index contributed by atoms with van der Waals surface area (Å²) in [7, 11) is 4.80. The van der Waals surface area contributed by atoms with Gasteiger partial charge in [-0.3, -0.25) is 19.4 Å². The summed E-state index contributed by atoms with van der Waals surface area (Å²) in [5.74, 6) is -0.0723. The number of benzene rings is 2. The highest BCUT2D eigenvalue weighted by Crippen LogP contribution is 2.38. The number of pyridine rings is 1. The van der Waals surface area contributed by atoms with Crippen molar-refractivity contribution in [1.82, 2.24) is 25.4 Å². The van der Waals surface area contributed by atoms with E-state index in [0.29, 0.717) is 41.5 Å². The lowest BCUT2D eigenvalue weighted by molar-refractivity contribution is -0.117. The largest absolute Gasteiger partial charge is 0.494 e. The highest BCUT2D eigenvalue weighted by Gasteiger charge is 2.30. The Labute approximate surface area is 266 Å². The molecule has 0 bridgehead atoms. The summed E-state index contributed by atoms with van der Waals surface area (Å²) in [4.78, 5) is 44.3. The predicted molar refractivity (Wildman–Crippen MR) is 172 cm³/mol. The highest BCUT2D eigenvalue weighted by molar-refractivity contribution is 6.00. The molecule has 1 atom stereocenters. The lowest BCUT2D eigenvalue weighted by Crippen LogP contribution is -2.38. The van der Waals surface area contributed by atoms with Gasteiger partial charge >= 0.3 is 0 Å². The molecule has 2 aliphatic rings. The Hall–Kier alpha value is -5.36. The molecule has 12 nitrogen and oxygen atoms in total. The molecule has 0 radical (unpaired) electrons. The van der Waals surface area contributed by atoms with Crippen LogP contribution in [0.2, 0.25) is 0 Å². The van der Waals surface area contributed by atoms with Gasteiger partial charge < -0.3 is 30.3 Å². The van der Waals surface area contributed by atoms with Gasteiger partial charge in [0.2, 0.25) is 5.91 Å². The van der Waals surface area contributed by atoms with E-state index < -0.39 is 5.91 Å². The smallest absolute Gasteiger partial charge is 0.273 e.